The molecule has 2 fully saturated rings. The Labute approximate surface area is 138 Å². The van der Waals surface area contributed by atoms with Gasteiger partial charge in [-0.25, -0.2) is 8.42 Å². The molecule has 0 bridgehead atoms. The van der Waals surface area contributed by atoms with Crippen molar-refractivity contribution >= 4 is 10.0 Å². The van der Waals surface area contributed by atoms with Crippen molar-refractivity contribution in [2.24, 2.45) is 0 Å². The molecule has 9 heteroatoms. The van der Waals surface area contributed by atoms with E-state index in [9.17, 15) is 21.6 Å². The molecule has 5 nitrogen and oxygen atoms in total. The van der Waals surface area contributed by atoms with Crippen LogP contribution < -0.4 is 5.32 Å². The van der Waals surface area contributed by atoms with Crippen LogP contribution in [0.15, 0.2) is 23.1 Å². The highest BCUT2D eigenvalue weighted by atomic mass is 32.2. The quantitative estimate of drug-likeness (QED) is 0.878. The summed E-state index contributed by atoms with van der Waals surface area (Å²) in [7, 11) is -3.90. The van der Waals surface area contributed by atoms with Crippen LogP contribution in [0.4, 0.5) is 13.2 Å². The lowest BCUT2D eigenvalue weighted by molar-refractivity contribution is -0.137. The number of nitrogens with one attached hydrogen (secondary N) is 1. The Bertz CT molecular complexity index is 785. The number of rotatable bonds is 2. The maximum absolute atomic E-state index is 12.8. The van der Waals surface area contributed by atoms with Gasteiger partial charge in [0.25, 0.3) is 0 Å². The van der Waals surface area contributed by atoms with E-state index >= 15 is 0 Å². The van der Waals surface area contributed by atoms with Crippen molar-refractivity contribution in [3.8, 4) is 6.07 Å². The molecule has 130 valence electrons. The molecule has 2 heterocycles. The Morgan fingerprint density at radius 2 is 1.83 bits per heavy atom. The summed E-state index contributed by atoms with van der Waals surface area (Å²) in [4.78, 5) is -0.274. The molecule has 3 rings (SSSR count). The van der Waals surface area contributed by atoms with Crippen LogP contribution in [-0.2, 0) is 16.2 Å². The van der Waals surface area contributed by atoms with Crippen molar-refractivity contribution in [2.45, 2.75) is 35.9 Å². The highest BCUT2D eigenvalue weighted by molar-refractivity contribution is 7.89. The van der Waals surface area contributed by atoms with Crippen LogP contribution in [0.25, 0.3) is 0 Å². The van der Waals surface area contributed by atoms with E-state index in [1.165, 1.54) is 10.4 Å². The first-order valence-corrected chi connectivity index (χ1v) is 8.99. The van der Waals surface area contributed by atoms with Crippen molar-refractivity contribution in [1.82, 2.24) is 9.62 Å². The minimum Gasteiger partial charge on any atom is -0.311 e. The van der Waals surface area contributed by atoms with Crippen LogP contribution in [0, 0.1) is 11.3 Å². The molecule has 24 heavy (non-hydrogen) atoms. The Balaban J connectivity index is 1.86. The van der Waals surface area contributed by atoms with Gasteiger partial charge < -0.3 is 5.32 Å². The van der Waals surface area contributed by atoms with E-state index in [2.05, 4.69) is 5.32 Å². The summed E-state index contributed by atoms with van der Waals surface area (Å²) >= 11 is 0. The molecule has 1 aromatic rings. The van der Waals surface area contributed by atoms with Gasteiger partial charge in [-0.2, -0.15) is 22.7 Å². The smallest absolute Gasteiger partial charge is 0.311 e. The molecule has 0 unspecified atom stereocenters. The summed E-state index contributed by atoms with van der Waals surface area (Å²) < 4.78 is 65.1. The van der Waals surface area contributed by atoms with Gasteiger partial charge >= 0.3 is 6.18 Å². The molecule has 2 aliphatic rings. The Morgan fingerprint density at radius 1 is 1.21 bits per heavy atom. The maximum atomic E-state index is 12.8. The molecular formula is C15H16F3N3O2S. The van der Waals surface area contributed by atoms with Gasteiger partial charge in [0, 0.05) is 18.6 Å². The van der Waals surface area contributed by atoms with E-state index in [4.69, 9.17) is 5.26 Å². The number of nitriles is 1. The van der Waals surface area contributed by atoms with Gasteiger partial charge in [-0.15, -0.1) is 0 Å². The van der Waals surface area contributed by atoms with Gasteiger partial charge in [0.05, 0.1) is 22.1 Å². The zero-order valence-electron chi connectivity index (χ0n) is 12.7. The molecule has 1 aromatic carbocycles. The number of nitrogens with zero attached hydrogens (tertiary/aromatic N) is 2. The molecule has 2 saturated heterocycles. The minimum absolute atomic E-state index is 0.0178. The molecule has 0 radical (unpaired) electrons. The van der Waals surface area contributed by atoms with Gasteiger partial charge in [0.15, 0.2) is 0 Å². The first kappa shape index (κ1) is 17.2. The third kappa shape index (κ3) is 2.90. The lowest BCUT2D eigenvalue weighted by Gasteiger charge is -2.48. The average molecular weight is 359 g/mol. The Hall–Kier alpha value is -1.63. The molecule has 0 amide bonds. The normalized spacial score (nSPS) is 21.2. The highest BCUT2D eigenvalue weighted by Gasteiger charge is 2.42. The van der Waals surface area contributed by atoms with Crippen molar-refractivity contribution in [3.63, 3.8) is 0 Å². The van der Waals surface area contributed by atoms with Gasteiger partial charge in [0.1, 0.15) is 0 Å². The highest BCUT2D eigenvalue weighted by Crippen LogP contribution is 2.35. The van der Waals surface area contributed by atoms with Crippen LogP contribution in [0.1, 0.15) is 30.4 Å². The first-order chi connectivity index (χ1) is 11.2. The van der Waals surface area contributed by atoms with Crippen molar-refractivity contribution in [2.75, 3.05) is 19.6 Å². The second kappa shape index (κ2) is 5.72. The largest absolute Gasteiger partial charge is 0.417 e. The third-order valence-corrected chi connectivity index (χ3v) is 6.73. The van der Waals surface area contributed by atoms with E-state index in [0.29, 0.717) is 32.0 Å². The lowest BCUT2D eigenvalue weighted by atomic mass is 9.80. The summed E-state index contributed by atoms with van der Waals surface area (Å²) in [5.74, 6) is 0. The Kier molecular flexibility index (Phi) is 4.10. The summed E-state index contributed by atoms with van der Waals surface area (Å²) in [5, 5.41) is 12.2. The fraction of sp³-hybridized carbons (Fsp3) is 0.533. The fourth-order valence-corrected chi connectivity index (χ4v) is 4.70. The average Bonchev–Trinajstić information content (AvgIpc) is 2.52. The summed E-state index contributed by atoms with van der Waals surface area (Å²) in [6, 6.07) is 3.82. The second-order valence-corrected chi connectivity index (χ2v) is 8.12. The summed E-state index contributed by atoms with van der Waals surface area (Å²) in [5.41, 5.74) is -1.79. The zero-order chi connectivity index (χ0) is 17.6. The standard InChI is InChI=1S/C15H16F3N3O2S/c16-15(17,18)13-2-1-12(9-11(13)10-19)24(22,23)21-7-4-14(5-8-21)3-6-20-14/h1-2,9,20H,3-8H2. The van der Waals surface area contributed by atoms with Crippen LogP contribution in [0.3, 0.4) is 0 Å². The molecule has 1 N–H and O–H groups in total. The first-order valence-electron chi connectivity index (χ1n) is 7.55. The van der Waals surface area contributed by atoms with Crippen molar-refractivity contribution in [1.29, 1.82) is 5.26 Å². The minimum atomic E-state index is -4.69. The van der Waals surface area contributed by atoms with Crippen molar-refractivity contribution < 1.29 is 21.6 Å². The molecule has 0 aromatic heterocycles. The fourth-order valence-electron chi connectivity index (χ4n) is 3.23. The molecule has 0 aliphatic carbocycles. The number of hydrogen-bond donors (Lipinski definition) is 1. The van der Waals surface area contributed by atoms with Crippen LogP contribution in [-0.4, -0.2) is 37.9 Å². The number of sulfonamides is 1. The number of hydrogen-bond acceptors (Lipinski definition) is 4. The van der Waals surface area contributed by atoms with E-state index in [1.807, 2.05) is 0 Å². The number of halogens is 3. The lowest BCUT2D eigenvalue weighted by Crippen LogP contribution is -2.62. The Morgan fingerprint density at radius 3 is 2.29 bits per heavy atom. The van der Waals surface area contributed by atoms with E-state index in [0.717, 1.165) is 25.1 Å². The van der Waals surface area contributed by atoms with Crippen LogP contribution >= 0.6 is 0 Å². The van der Waals surface area contributed by atoms with E-state index in [-0.39, 0.29) is 10.4 Å². The molecule has 0 atom stereocenters. The molecule has 2 aliphatic heterocycles. The SMILES string of the molecule is N#Cc1cc(S(=O)(=O)N2CCC3(CCN3)CC2)ccc1C(F)(F)F. The number of benzene rings is 1. The maximum Gasteiger partial charge on any atom is 0.417 e. The predicted octanol–water partition coefficient (Wildman–Crippen LogP) is 2.09. The van der Waals surface area contributed by atoms with Gasteiger partial charge in [-0.1, -0.05) is 0 Å². The monoisotopic (exact) mass is 359 g/mol. The third-order valence-electron chi connectivity index (χ3n) is 4.84. The van der Waals surface area contributed by atoms with Crippen LogP contribution in [0.5, 0.6) is 0 Å². The number of piperidine rings is 1. The number of alkyl halides is 3. The van der Waals surface area contributed by atoms with Gasteiger partial charge in [0.2, 0.25) is 10.0 Å². The summed E-state index contributed by atoms with van der Waals surface area (Å²) in [6.45, 7) is 1.56. The van der Waals surface area contributed by atoms with Gasteiger partial charge in [-0.05, 0) is 44.0 Å². The van der Waals surface area contributed by atoms with Gasteiger partial charge in [-0.3, -0.25) is 0 Å². The topological polar surface area (TPSA) is 73.2 Å². The van der Waals surface area contributed by atoms with E-state index < -0.39 is 27.3 Å². The van der Waals surface area contributed by atoms with E-state index in [1.54, 1.807) is 0 Å². The molecule has 1 spiro atoms. The summed E-state index contributed by atoms with van der Waals surface area (Å²) in [6.07, 6.45) is -2.32. The molecular weight excluding hydrogens is 343 g/mol. The second-order valence-electron chi connectivity index (χ2n) is 6.18. The van der Waals surface area contributed by atoms with Crippen molar-refractivity contribution in [3.05, 3.63) is 29.3 Å². The zero-order valence-corrected chi connectivity index (χ0v) is 13.5. The van der Waals surface area contributed by atoms with Crippen LogP contribution in [0.2, 0.25) is 0 Å². The predicted molar refractivity (Wildman–Crippen MR) is 79.5 cm³/mol. The molecule has 0 saturated carbocycles.